The van der Waals surface area contributed by atoms with Gasteiger partial charge in [-0.1, -0.05) is 87.4 Å². The molecule has 5 heteroatoms. The minimum absolute atomic E-state index is 0.495. The number of hydrogen-bond acceptors (Lipinski definition) is 4. The van der Waals surface area contributed by atoms with E-state index in [2.05, 4.69) is 85.5 Å². The van der Waals surface area contributed by atoms with Gasteiger partial charge in [0.15, 0.2) is 0 Å². The zero-order valence-electron chi connectivity index (χ0n) is 23.5. The number of aliphatic carboxylic acids is 1. The fourth-order valence-corrected chi connectivity index (χ4v) is 6.79. The van der Waals surface area contributed by atoms with Gasteiger partial charge >= 0.3 is 5.97 Å². The van der Waals surface area contributed by atoms with E-state index in [-0.39, 0.29) is 0 Å². The Labute approximate surface area is 242 Å². The summed E-state index contributed by atoms with van der Waals surface area (Å²) in [6.45, 7) is 6.35. The SMILES string of the molecule is CCCC(CCC)c1ccc(OCc2ccc(-c3ccc(CN4Cc5ccccc5C[C@H]4C(=O)O)s3)cc2)cc1. The molecule has 4 aromatic rings. The van der Waals surface area contributed by atoms with E-state index in [4.69, 9.17) is 4.74 Å². The molecule has 0 amide bonds. The topological polar surface area (TPSA) is 49.8 Å². The van der Waals surface area contributed by atoms with Gasteiger partial charge in [-0.05, 0) is 77.3 Å². The number of ether oxygens (including phenoxy) is 1. The van der Waals surface area contributed by atoms with Crippen LogP contribution in [0.15, 0.2) is 84.9 Å². The molecule has 3 aromatic carbocycles. The smallest absolute Gasteiger partial charge is 0.321 e. The number of fused-ring (bicyclic) bond motifs is 1. The molecule has 2 heterocycles. The number of hydrogen-bond donors (Lipinski definition) is 1. The molecular weight excluding hydrogens is 514 g/mol. The van der Waals surface area contributed by atoms with Crippen molar-refractivity contribution in [2.45, 2.75) is 77.6 Å². The van der Waals surface area contributed by atoms with E-state index in [0.29, 0.717) is 32.0 Å². The van der Waals surface area contributed by atoms with Gasteiger partial charge in [0.1, 0.15) is 18.4 Å². The van der Waals surface area contributed by atoms with Crippen molar-refractivity contribution in [3.8, 4) is 16.2 Å². The lowest BCUT2D eigenvalue weighted by molar-refractivity contribution is -0.144. The molecule has 208 valence electrons. The van der Waals surface area contributed by atoms with Crippen LogP contribution in [-0.2, 0) is 30.9 Å². The van der Waals surface area contributed by atoms with Crippen molar-refractivity contribution in [2.24, 2.45) is 0 Å². The van der Waals surface area contributed by atoms with Gasteiger partial charge in [0.05, 0.1) is 0 Å². The summed E-state index contributed by atoms with van der Waals surface area (Å²) in [7, 11) is 0. The predicted molar refractivity (Wildman–Crippen MR) is 164 cm³/mol. The van der Waals surface area contributed by atoms with Crippen molar-refractivity contribution in [3.05, 3.63) is 112 Å². The van der Waals surface area contributed by atoms with E-state index in [9.17, 15) is 9.90 Å². The number of carboxylic acids is 1. The second-order valence-electron chi connectivity index (χ2n) is 10.8. The molecule has 0 fully saturated rings. The van der Waals surface area contributed by atoms with Gasteiger partial charge in [-0.15, -0.1) is 11.3 Å². The summed E-state index contributed by atoms with van der Waals surface area (Å²) in [4.78, 5) is 16.5. The van der Waals surface area contributed by atoms with Crippen LogP contribution >= 0.6 is 11.3 Å². The number of carbonyl (C=O) groups is 1. The highest BCUT2D eigenvalue weighted by molar-refractivity contribution is 7.15. The standard InChI is InChI=1S/C35H39NO3S/c1-3-7-26(8-4-2)27-15-17-31(18-16-27)39-24-25-11-13-28(14-12-25)34-20-19-32(40-34)23-36-22-30-10-6-5-9-29(30)21-33(36)35(37)38/h5-6,9-20,26,33H,3-4,7-8,21-24H2,1-2H3,(H,37,38)/t33-/m0/s1. The summed E-state index contributed by atoms with van der Waals surface area (Å²) in [6, 6.07) is 29.2. The van der Waals surface area contributed by atoms with Crippen LogP contribution < -0.4 is 4.74 Å². The Balaban J connectivity index is 1.18. The summed E-state index contributed by atoms with van der Waals surface area (Å²) in [5.41, 5.74) is 6.09. The van der Waals surface area contributed by atoms with Crippen LogP contribution in [0.1, 0.15) is 72.6 Å². The van der Waals surface area contributed by atoms with E-state index >= 15 is 0 Å². The quantitative estimate of drug-likeness (QED) is 0.191. The first-order chi connectivity index (χ1) is 19.5. The molecule has 0 radical (unpaired) electrons. The Kier molecular flexibility index (Phi) is 9.35. The van der Waals surface area contributed by atoms with Crippen LogP contribution in [0.5, 0.6) is 5.75 Å². The van der Waals surface area contributed by atoms with Gasteiger partial charge in [-0.25, -0.2) is 0 Å². The molecule has 0 aliphatic carbocycles. The summed E-state index contributed by atoms with van der Waals surface area (Å²) in [5.74, 6) is 0.796. The molecule has 0 bridgehead atoms. The Morgan fingerprint density at radius 1 is 0.925 bits per heavy atom. The fraction of sp³-hybridized carbons (Fsp3) is 0.343. The molecule has 1 atom stereocenters. The Morgan fingerprint density at radius 3 is 2.30 bits per heavy atom. The molecule has 4 nitrogen and oxygen atoms in total. The molecule has 5 rings (SSSR count). The minimum atomic E-state index is -0.753. The van der Waals surface area contributed by atoms with Gasteiger partial charge < -0.3 is 9.84 Å². The van der Waals surface area contributed by atoms with Crippen LogP contribution in [0.2, 0.25) is 0 Å². The maximum atomic E-state index is 12.0. The summed E-state index contributed by atoms with van der Waals surface area (Å²) in [6.07, 6.45) is 5.45. The van der Waals surface area contributed by atoms with Gasteiger partial charge in [0, 0.05) is 22.8 Å². The van der Waals surface area contributed by atoms with Crippen molar-refractivity contribution in [3.63, 3.8) is 0 Å². The molecule has 40 heavy (non-hydrogen) atoms. The Morgan fingerprint density at radius 2 is 1.62 bits per heavy atom. The molecule has 0 saturated heterocycles. The average Bonchev–Trinajstić information content (AvgIpc) is 3.44. The predicted octanol–water partition coefficient (Wildman–Crippen LogP) is 8.69. The van der Waals surface area contributed by atoms with Crippen LogP contribution in [0.25, 0.3) is 10.4 Å². The van der Waals surface area contributed by atoms with E-state index in [0.717, 1.165) is 16.9 Å². The minimum Gasteiger partial charge on any atom is -0.489 e. The van der Waals surface area contributed by atoms with Crippen LogP contribution in [0, 0.1) is 0 Å². The lowest BCUT2D eigenvalue weighted by Crippen LogP contribution is -2.44. The normalized spacial score (nSPS) is 15.2. The largest absolute Gasteiger partial charge is 0.489 e. The summed E-state index contributed by atoms with van der Waals surface area (Å²) >= 11 is 1.74. The third-order valence-electron chi connectivity index (χ3n) is 7.92. The van der Waals surface area contributed by atoms with Crippen molar-refractivity contribution in [1.29, 1.82) is 0 Å². The molecule has 1 aliphatic rings. The van der Waals surface area contributed by atoms with E-state index in [1.807, 2.05) is 18.2 Å². The van der Waals surface area contributed by atoms with Crippen LogP contribution in [-0.4, -0.2) is 22.0 Å². The monoisotopic (exact) mass is 553 g/mol. The molecular formula is C35H39NO3S. The van der Waals surface area contributed by atoms with E-state index in [1.54, 1.807) is 11.3 Å². The van der Waals surface area contributed by atoms with Gasteiger partial charge in [-0.3, -0.25) is 9.69 Å². The van der Waals surface area contributed by atoms with Gasteiger partial charge in [0.25, 0.3) is 0 Å². The van der Waals surface area contributed by atoms with Crippen LogP contribution in [0.3, 0.4) is 0 Å². The summed E-state index contributed by atoms with van der Waals surface area (Å²) < 4.78 is 6.08. The Bertz CT molecular complexity index is 1390. The third-order valence-corrected chi connectivity index (χ3v) is 9.04. The second kappa shape index (κ2) is 13.3. The molecule has 0 spiro atoms. The lowest BCUT2D eigenvalue weighted by atomic mass is 9.90. The first-order valence-electron chi connectivity index (χ1n) is 14.5. The zero-order chi connectivity index (χ0) is 27.9. The highest BCUT2D eigenvalue weighted by atomic mass is 32.1. The molecule has 0 unspecified atom stereocenters. The number of nitrogens with zero attached hydrogens (tertiary/aromatic N) is 1. The molecule has 1 N–H and O–H groups in total. The lowest BCUT2D eigenvalue weighted by Gasteiger charge is -2.34. The van der Waals surface area contributed by atoms with Crippen molar-refractivity contribution >= 4 is 17.3 Å². The number of benzene rings is 3. The first-order valence-corrected chi connectivity index (χ1v) is 15.3. The van der Waals surface area contributed by atoms with E-state index < -0.39 is 12.0 Å². The van der Waals surface area contributed by atoms with Gasteiger partial charge in [0.2, 0.25) is 0 Å². The van der Waals surface area contributed by atoms with E-state index in [1.165, 1.54) is 52.1 Å². The molecule has 1 aliphatic heterocycles. The van der Waals surface area contributed by atoms with Gasteiger partial charge in [-0.2, -0.15) is 0 Å². The third kappa shape index (κ3) is 6.83. The number of carboxylic acid groups (broad SMARTS) is 1. The highest BCUT2D eigenvalue weighted by Crippen LogP contribution is 2.32. The van der Waals surface area contributed by atoms with Crippen LogP contribution in [0.4, 0.5) is 0 Å². The van der Waals surface area contributed by atoms with Crippen molar-refractivity contribution in [1.82, 2.24) is 4.90 Å². The van der Waals surface area contributed by atoms with Crippen molar-refractivity contribution in [2.75, 3.05) is 0 Å². The van der Waals surface area contributed by atoms with Crippen molar-refractivity contribution < 1.29 is 14.6 Å². The summed E-state index contributed by atoms with van der Waals surface area (Å²) in [5, 5.41) is 9.86. The maximum Gasteiger partial charge on any atom is 0.321 e. The fourth-order valence-electron chi connectivity index (χ4n) is 5.75. The number of thiophene rings is 1. The average molecular weight is 554 g/mol. The maximum absolute atomic E-state index is 12.0. The number of rotatable bonds is 12. The highest BCUT2D eigenvalue weighted by Gasteiger charge is 2.31. The Hall–Kier alpha value is -3.41. The first kappa shape index (κ1) is 28.1. The zero-order valence-corrected chi connectivity index (χ0v) is 24.3. The molecule has 0 saturated carbocycles. The second-order valence-corrected chi connectivity index (χ2v) is 12.0. The molecule has 1 aromatic heterocycles.